The van der Waals surface area contributed by atoms with Gasteiger partial charge in [0.2, 0.25) is 5.91 Å². The van der Waals surface area contributed by atoms with Crippen LogP contribution in [0.4, 0.5) is 10.5 Å². The molecule has 11 heteroatoms. The lowest BCUT2D eigenvalue weighted by atomic mass is 10.1. The highest BCUT2D eigenvalue weighted by atomic mass is 35.5. The molecule has 0 radical (unpaired) electrons. The normalized spacial score (nSPS) is 21.8. The van der Waals surface area contributed by atoms with Gasteiger partial charge in [0.15, 0.2) is 0 Å². The molecule has 0 spiro atoms. The Hall–Kier alpha value is -2.98. The number of rotatable bonds is 5. The van der Waals surface area contributed by atoms with Crippen molar-refractivity contribution in [2.75, 3.05) is 51.9 Å². The summed E-state index contributed by atoms with van der Waals surface area (Å²) in [6.45, 7) is 3.46. The average Bonchev–Trinajstić information content (AvgIpc) is 3.52. The van der Waals surface area contributed by atoms with Gasteiger partial charge in [-0.25, -0.2) is 14.8 Å². The van der Waals surface area contributed by atoms with E-state index in [9.17, 15) is 14.4 Å². The molecular formula is C22H28ClN7O3. The monoisotopic (exact) mass is 473 g/mol. The number of nitrogens with one attached hydrogen (secondary N) is 2. The Morgan fingerprint density at radius 3 is 2.39 bits per heavy atom. The van der Waals surface area contributed by atoms with Crippen molar-refractivity contribution in [1.82, 2.24) is 30.0 Å². The van der Waals surface area contributed by atoms with Crippen LogP contribution in [0, 0.1) is 5.92 Å². The molecule has 10 nitrogen and oxygen atoms in total. The minimum atomic E-state index is -0.538. The second kappa shape index (κ2) is 8.75. The summed E-state index contributed by atoms with van der Waals surface area (Å²) in [5, 5.41) is 10.0. The molecule has 1 atom stereocenters. The van der Waals surface area contributed by atoms with Crippen LogP contribution in [0.1, 0.15) is 12.8 Å². The fraction of sp³-hybridized carbons (Fsp3) is 0.500. The molecule has 4 aliphatic rings. The molecule has 3 fully saturated rings. The predicted octanol–water partition coefficient (Wildman–Crippen LogP) is 1.15. The summed E-state index contributed by atoms with van der Waals surface area (Å²) in [6.07, 6.45) is 3.74. The first-order valence-corrected chi connectivity index (χ1v) is 11.6. The van der Waals surface area contributed by atoms with E-state index in [1.54, 1.807) is 34.2 Å². The molecule has 1 aliphatic carbocycles. The van der Waals surface area contributed by atoms with Gasteiger partial charge in [-0.05, 0) is 43.0 Å². The van der Waals surface area contributed by atoms with Crippen molar-refractivity contribution in [3.8, 4) is 0 Å². The Morgan fingerprint density at radius 1 is 1.06 bits per heavy atom. The molecule has 1 saturated carbocycles. The molecule has 33 heavy (non-hydrogen) atoms. The van der Waals surface area contributed by atoms with Crippen LogP contribution in [-0.2, 0) is 9.59 Å². The number of carbonyl (C=O) groups excluding carboxylic acids is 3. The predicted molar refractivity (Wildman–Crippen MR) is 123 cm³/mol. The highest BCUT2D eigenvalue weighted by molar-refractivity contribution is 6.30. The largest absolute Gasteiger partial charge is 0.361 e. The molecule has 0 bridgehead atoms. The van der Waals surface area contributed by atoms with Gasteiger partial charge in [0.05, 0.1) is 6.67 Å². The molecule has 3 aliphatic heterocycles. The van der Waals surface area contributed by atoms with E-state index in [2.05, 4.69) is 10.6 Å². The van der Waals surface area contributed by atoms with Crippen molar-refractivity contribution in [1.29, 1.82) is 0 Å². The number of hydrazine groups is 1. The van der Waals surface area contributed by atoms with E-state index in [0.717, 1.165) is 18.5 Å². The van der Waals surface area contributed by atoms with Crippen LogP contribution in [0.3, 0.4) is 0 Å². The molecule has 1 aromatic rings. The lowest BCUT2D eigenvalue weighted by molar-refractivity contribution is -0.149. The van der Waals surface area contributed by atoms with Crippen LogP contribution in [0.5, 0.6) is 0 Å². The number of halogens is 1. The Kier molecular flexibility index (Phi) is 5.79. The SMILES string of the molecule is CN1C=C2C(=O)N(N3CCN(C(=O)C(NC(=O)Nc4ccc(Cl)cc4)C4CC4)CC3)CN2C1. The Bertz CT molecular complexity index is 973. The highest BCUT2D eigenvalue weighted by Gasteiger charge is 2.43. The number of hydrogen-bond acceptors (Lipinski definition) is 6. The van der Waals surface area contributed by atoms with Gasteiger partial charge in [0.1, 0.15) is 18.4 Å². The van der Waals surface area contributed by atoms with Crippen molar-refractivity contribution < 1.29 is 14.4 Å². The summed E-state index contributed by atoms with van der Waals surface area (Å²) in [5.41, 5.74) is 1.34. The van der Waals surface area contributed by atoms with Crippen molar-refractivity contribution in [2.45, 2.75) is 18.9 Å². The Morgan fingerprint density at radius 2 is 1.76 bits per heavy atom. The van der Waals surface area contributed by atoms with E-state index in [0.29, 0.717) is 50.2 Å². The maximum atomic E-state index is 13.2. The standard InChI is InChI=1S/C22H28ClN7O3/c1-26-12-18-20(31)30(14-28(18)13-26)29-10-8-27(9-11-29)21(32)19(15-2-3-15)25-22(33)24-17-6-4-16(23)5-7-17/h4-7,12,15,19H,2-3,8-11,13-14H2,1H3,(H2,24,25,33). The van der Waals surface area contributed by atoms with Crippen LogP contribution >= 0.6 is 11.6 Å². The molecular weight excluding hydrogens is 446 g/mol. The Balaban J connectivity index is 1.15. The number of anilines is 1. The van der Waals surface area contributed by atoms with Crippen LogP contribution in [0.25, 0.3) is 0 Å². The van der Waals surface area contributed by atoms with E-state index in [1.807, 2.05) is 28.1 Å². The smallest absolute Gasteiger partial charge is 0.319 e. The van der Waals surface area contributed by atoms with Gasteiger partial charge in [0.25, 0.3) is 5.91 Å². The van der Waals surface area contributed by atoms with Gasteiger partial charge in [-0.15, -0.1) is 0 Å². The van der Waals surface area contributed by atoms with E-state index in [1.165, 1.54) is 0 Å². The molecule has 1 unspecified atom stereocenters. The lowest BCUT2D eigenvalue weighted by Gasteiger charge is -2.40. The zero-order valence-corrected chi connectivity index (χ0v) is 19.3. The Labute approximate surface area is 197 Å². The molecule has 2 saturated heterocycles. The van der Waals surface area contributed by atoms with Crippen LogP contribution in [-0.4, -0.2) is 95.2 Å². The van der Waals surface area contributed by atoms with E-state index >= 15 is 0 Å². The lowest BCUT2D eigenvalue weighted by Crippen LogP contribution is -2.59. The number of fused-ring (bicyclic) bond motifs is 1. The van der Waals surface area contributed by atoms with Crippen molar-refractivity contribution in [2.24, 2.45) is 5.92 Å². The molecule has 5 rings (SSSR count). The summed E-state index contributed by atoms with van der Waals surface area (Å²) in [5.74, 6) is 0.124. The van der Waals surface area contributed by atoms with Crippen molar-refractivity contribution in [3.05, 3.63) is 41.2 Å². The summed E-state index contributed by atoms with van der Waals surface area (Å²) >= 11 is 5.89. The summed E-state index contributed by atoms with van der Waals surface area (Å²) < 4.78 is 0. The number of amides is 4. The number of carbonyl (C=O) groups is 3. The van der Waals surface area contributed by atoms with Gasteiger partial charge in [-0.1, -0.05) is 11.6 Å². The number of nitrogens with zero attached hydrogens (tertiary/aromatic N) is 5. The van der Waals surface area contributed by atoms with Crippen LogP contribution in [0.2, 0.25) is 5.02 Å². The topological polar surface area (TPSA) is 91.5 Å². The quantitative estimate of drug-likeness (QED) is 0.666. The third-order valence-corrected chi connectivity index (χ3v) is 6.74. The van der Waals surface area contributed by atoms with Gasteiger partial charge < -0.3 is 25.3 Å². The zero-order valence-electron chi connectivity index (χ0n) is 18.5. The highest BCUT2D eigenvalue weighted by Crippen LogP contribution is 2.34. The fourth-order valence-corrected chi connectivity index (χ4v) is 4.70. The van der Waals surface area contributed by atoms with Gasteiger partial charge in [0, 0.05) is 50.1 Å². The minimum Gasteiger partial charge on any atom is -0.361 e. The summed E-state index contributed by atoms with van der Waals surface area (Å²) in [6, 6.07) is 5.89. The fourth-order valence-electron chi connectivity index (χ4n) is 4.57. The van der Waals surface area contributed by atoms with Crippen molar-refractivity contribution >= 4 is 35.1 Å². The number of piperazine rings is 1. The number of urea groups is 1. The zero-order chi connectivity index (χ0) is 23.1. The van der Waals surface area contributed by atoms with Crippen molar-refractivity contribution in [3.63, 3.8) is 0 Å². The number of hydrogen-bond donors (Lipinski definition) is 2. The first kappa shape index (κ1) is 21.8. The molecule has 176 valence electrons. The van der Waals surface area contributed by atoms with Gasteiger partial charge in [-0.2, -0.15) is 0 Å². The molecule has 1 aromatic carbocycles. The average molecular weight is 474 g/mol. The van der Waals surface area contributed by atoms with Crippen LogP contribution in [0.15, 0.2) is 36.2 Å². The second-order valence-corrected chi connectivity index (χ2v) is 9.43. The van der Waals surface area contributed by atoms with E-state index in [-0.39, 0.29) is 17.7 Å². The maximum Gasteiger partial charge on any atom is 0.319 e. The maximum absolute atomic E-state index is 13.2. The third-order valence-electron chi connectivity index (χ3n) is 6.49. The van der Waals surface area contributed by atoms with Gasteiger partial charge in [-0.3, -0.25) is 9.59 Å². The first-order chi connectivity index (χ1) is 15.9. The van der Waals surface area contributed by atoms with E-state index in [4.69, 9.17) is 11.6 Å². The molecule has 4 amide bonds. The first-order valence-electron chi connectivity index (χ1n) is 11.2. The van der Waals surface area contributed by atoms with Gasteiger partial charge >= 0.3 is 6.03 Å². The third kappa shape index (κ3) is 4.58. The molecule has 2 N–H and O–H groups in total. The summed E-state index contributed by atoms with van der Waals surface area (Å²) in [7, 11) is 1.95. The van der Waals surface area contributed by atoms with E-state index < -0.39 is 12.1 Å². The minimum absolute atomic E-state index is 0.00974. The molecule has 0 aromatic heterocycles. The van der Waals surface area contributed by atoms with Crippen LogP contribution < -0.4 is 10.6 Å². The second-order valence-electron chi connectivity index (χ2n) is 9.00. The summed E-state index contributed by atoms with van der Waals surface area (Å²) in [4.78, 5) is 44.4. The molecule has 3 heterocycles. The number of benzene rings is 1.